The quantitative estimate of drug-likeness (QED) is 0.619. The number of aromatic nitrogens is 4. The van der Waals surface area contributed by atoms with Crippen LogP contribution in [0, 0.1) is 0 Å². The van der Waals surface area contributed by atoms with Crippen LogP contribution in [-0.4, -0.2) is 19.9 Å². The van der Waals surface area contributed by atoms with Gasteiger partial charge in [0.2, 0.25) is 5.95 Å². The van der Waals surface area contributed by atoms with Crippen molar-refractivity contribution in [2.24, 2.45) is 0 Å². The maximum absolute atomic E-state index is 11.6. The van der Waals surface area contributed by atoms with Gasteiger partial charge in [-0.1, -0.05) is 23.7 Å². The molecule has 2 heterocycles. The minimum Gasteiger partial charge on any atom is -0.369 e. The van der Waals surface area contributed by atoms with Gasteiger partial charge in [-0.2, -0.15) is 4.98 Å². The van der Waals surface area contributed by atoms with E-state index >= 15 is 0 Å². The maximum atomic E-state index is 11.6. The van der Waals surface area contributed by atoms with E-state index in [9.17, 15) is 4.79 Å². The van der Waals surface area contributed by atoms with Crippen LogP contribution in [0.5, 0.6) is 0 Å². The number of nitrogen functional groups attached to an aromatic ring is 1. The smallest absolute Gasteiger partial charge is 0.278 e. The molecule has 0 saturated heterocycles. The Morgan fingerprint density at radius 1 is 1.22 bits per heavy atom. The van der Waals surface area contributed by atoms with Crippen molar-refractivity contribution in [1.29, 1.82) is 0 Å². The molecule has 18 heavy (non-hydrogen) atoms. The van der Waals surface area contributed by atoms with Crippen LogP contribution in [0.3, 0.4) is 0 Å². The van der Waals surface area contributed by atoms with Crippen LogP contribution in [0.4, 0.5) is 5.95 Å². The van der Waals surface area contributed by atoms with Crippen molar-refractivity contribution in [2.45, 2.75) is 0 Å². The van der Waals surface area contributed by atoms with E-state index in [-0.39, 0.29) is 17.2 Å². The largest absolute Gasteiger partial charge is 0.369 e. The molecule has 0 unspecified atom stereocenters. The lowest BCUT2D eigenvalue weighted by molar-refractivity contribution is 1.17. The summed E-state index contributed by atoms with van der Waals surface area (Å²) in [5, 5.41) is 0.592. The summed E-state index contributed by atoms with van der Waals surface area (Å²) in [5.74, 6) is 0.563. The number of anilines is 1. The summed E-state index contributed by atoms with van der Waals surface area (Å²) in [6.45, 7) is 0. The predicted octanol–water partition coefficient (Wildman–Crippen LogP) is 1.55. The van der Waals surface area contributed by atoms with Gasteiger partial charge in [0.25, 0.3) is 5.56 Å². The summed E-state index contributed by atoms with van der Waals surface area (Å²) in [6, 6.07) is 7.14. The lowest BCUT2D eigenvalue weighted by Gasteiger charge is -1.95. The predicted molar refractivity (Wildman–Crippen MR) is 69.4 cm³/mol. The molecule has 0 saturated carbocycles. The average molecular weight is 262 g/mol. The summed E-state index contributed by atoms with van der Waals surface area (Å²) >= 11 is 5.90. The Balaban J connectivity index is 2.26. The van der Waals surface area contributed by atoms with Gasteiger partial charge in [-0.05, 0) is 12.1 Å². The van der Waals surface area contributed by atoms with Crippen LogP contribution in [0.1, 0.15) is 0 Å². The van der Waals surface area contributed by atoms with Crippen LogP contribution in [-0.2, 0) is 0 Å². The first-order valence-electron chi connectivity index (χ1n) is 5.15. The van der Waals surface area contributed by atoms with E-state index in [1.165, 1.54) is 0 Å². The second kappa shape index (κ2) is 3.85. The lowest BCUT2D eigenvalue weighted by Crippen LogP contribution is -2.10. The van der Waals surface area contributed by atoms with Crippen molar-refractivity contribution in [2.75, 3.05) is 5.73 Å². The van der Waals surface area contributed by atoms with Crippen molar-refractivity contribution in [3.8, 4) is 11.4 Å². The molecule has 90 valence electrons. The van der Waals surface area contributed by atoms with E-state index in [4.69, 9.17) is 17.3 Å². The van der Waals surface area contributed by atoms with Crippen LogP contribution in [0.15, 0.2) is 29.1 Å². The first-order chi connectivity index (χ1) is 8.63. The normalized spacial score (nSPS) is 10.9. The van der Waals surface area contributed by atoms with Gasteiger partial charge in [-0.25, -0.2) is 4.98 Å². The molecule has 0 spiro atoms. The molecule has 4 N–H and O–H groups in total. The fourth-order valence-electron chi connectivity index (χ4n) is 1.70. The molecule has 0 aliphatic rings. The Bertz CT molecular complexity index is 791. The van der Waals surface area contributed by atoms with Crippen LogP contribution in [0.25, 0.3) is 22.6 Å². The molecule has 0 radical (unpaired) electrons. The second-order valence-electron chi connectivity index (χ2n) is 3.75. The number of H-pyrrole nitrogens is 2. The number of nitrogens with one attached hydrogen (secondary N) is 2. The standard InChI is InChI=1S/C11H8ClN5O/c12-6-3-1-2-5(4-6)8-14-7-9(15-8)16-11(13)17-10(7)18/h1-4H,(H4,13,14,15,16,17,18). The third-order valence-electron chi connectivity index (χ3n) is 2.48. The first-order valence-corrected chi connectivity index (χ1v) is 5.53. The summed E-state index contributed by atoms with van der Waals surface area (Å²) in [5.41, 5.74) is 6.46. The van der Waals surface area contributed by atoms with Crippen LogP contribution >= 0.6 is 11.6 Å². The van der Waals surface area contributed by atoms with E-state index in [0.29, 0.717) is 16.4 Å². The third-order valence-corrected chi connectivity index (χ3v) is 2.71. The molecule has 0 bridgehead atoms. The molecule has 0 fully saturated rings. The maximum Gasteiger partial charge on any atom is 0.278 e. The van der Waals surface area contributed by atoms with Crippen molar-refractivity contribution >= 4 is 28.7 Å². The minimum absolute atomic E-state index is 0.0386. The molecule has 7 heteroatoms. The van der Waals surface area contributed by atoms with Crippen molar-refractivity contribution in [1.82, 2.24) is 19.9 Å². The van der Waals surface area contributed by atoms with Crippen LogP contribution < -0.4 is 11.3 Å². The molecule has 0 aliphatic carbocycles. The van der Waals surface area contributed by atoms with E-state index in [1.54, 1.807) is 18.2 Å². The number of halogens is 1. The molecule has 3 rings (SSSR count). The number of hydrogen-bond acceptors (Lipinski definition) is 4. The number of imidazole rings is 1. The van der Waals surface area contributed by atoms with Crippen molar-refractivity contribution < 1.29 is 0 Å². The number of rotatable bonds is 1. The van der Waals surface area contributed by atoms with Gasteiger partial charge in [0, 0.05) is 10.6 Å². The fourth-order valence-corrected chi connectivity index (χ4v) is 1.89. The average Bonchev–Trinajstić information content (AvgIpc) is 2.73. The van der Waals surface area contributed by atoms with Gasteiger partial charge >= 0.3 is 0 Å². The highest BCUT2D eigenvalue weighted by atomic mass is 35.5. The highest BCUT2D eigenvalue weighted by molar-refractivity contribution is 6.30. The summed E-state index contributed by atoms with van der Waals surface area (Å²) in [7, 11) is 0. The Hall–Kier alpha value is -2.34. The van der Waals surface area contributed by atoms with Gasteiger partial charge in [0.15, 0.2) is 11.2 Å². The Morgan fingerprint density at radius 3 is 2.83 bits per heavy atom. The second-order valence-corrected chi connectivity index (χ2v) is 4.18. The zero-order valence-corrected chi connectivity index (χ0v) is 9.82. The fraction of sp³-hybridized carbons (Fsp3) is 0. The van der Waals surface area contributed by atoms with Gasteiger partial charge in [-0.15, -0.1) is 0 Å². The number of nitrogens with two attached hydrogens (primary N) is 1. The minimum atomic E-state index is -0.349. The van der Waals surface area contributed by atoms with Gasteiger partial charge in [-0.3, -0.25) is 9.78 Å². The monoisotopic (exact) mass is 261 g/mol. The first kappa shape index (κ1) is 10.8. The van der Waals surface area contributed by atoms with E-state index < -0.39 is 0 Å². The topological polar surface area (TPSA) is 100 Å². The number of nitrogens with zero attached hydrogens (tertiary/aromatic N) is 2. The highest BCUT2D eigenvalue weighted by Crippen LogP contribution is 2.21. The Morgan fingerprint density at radius 2 is 2.06 bits per heavy atom. The zero-order valence-electron chi connectivity index (χ0n) is 9.07. The van der Waals surface area contributed by atoms with Gasteiger partial charge < -0.3 is 10.7 Å². The van der Waals surface area contributed by atoms with E-state index in [1.807, 2.05) is 6.07 Å². The third kappa shape index (κ3) is 1.72. The zero-order chi connectivity index (χ0) is 12.7. The molecule has 0 atom stereocenters. The molecule has 0 amide bonds. The van der Waals surface area contributed by atoms with Crippen molar-refractivity contribution in [3.63, 3.8) is 0 Å². The number of fused-ring (bicyclic) bond motifs is 1. The summed E-state index contributed by atoms with van der Waals surface area (Å²) in [6.07, 6.45) is 0. The molecule has 1 aromatic carbocycles. The highest BCUT2D eigenvalue weighted by Gasteiger charge is 2.10. The molecular formula is C11H8ClN5O. The summed E-state index contributed by atoms with van der Waals surface area (Å²) in [4.78, 5) is 25.1. The van der Waals surface area contributed by atoms with E-state index in [2.05, 4.69) is 19.9 Å². The number of aromatic amines is 2. The Labute approximate surface area is 106 Å². The molecular weight excluding hydrogens is 254 g/mol. The SMILES string of the molecule is Nc1nc2nc(-c3cccc(Cl)c3)[nH]c2c(=O)[nH]1. The van der Waals surface area contributed by atoms with Crippen molar-refractivity contribution in [3.05, 3.63) is 39.6 Å². The number of benzene rings is 1. The molecule has 0 aliphatic heterocycles. The number of hydrogen-bond donors (Lipinski definition) is 3. The molecule has 2 aromatic heterocycles. The Kier molecular flexibility index (Phi) is 2.31. The van der Waals surface area contributed by atoms with Crippen LogP contribution in [0.2, 0.25) is 5.02 Å². The van der Waals surface area contributed by atoms with Gasteiger partial charge in [0.1, 0.15) is 5.82 Å². The lowest BCUT2D eigenvalue weighted by atomic mass is 10.2. The van der Waals surface area contributed by atoms with Gasteiger partial charge in [0.05, 0.1) is 0 Å². The van der Waals surface area contributed by atoms with E-state index in [0.717, 1.165) is 5.56 Å². The molecule has 3 aromatic rings. The summed E-state index contributed by atoms with van der Waals surface area (Å²) < 4.78 is 0. The molecule has 6 nitrogen and oxygen atoms in total.